The van der Waals surface area contributed by atoms with E-state index < -0.39 is 23.8 Å². The number of aliphatic hydroxyl groups is 1. The Hall–Kier alpha value is -3.20. The van der Waals surface area contributed by atoms with Crippen LogP contribution in [0, 0.1) is 5.92 Å². The fraction of sp³-hybridized carbons (Fsp3) is 0.400. The molecule has 29 heavy (non-hydrogen) atoms. The van der Waals surface area contributed by atoms with Gasteiger partial charge in [0.1, 0.15) is 5.65 Å². The van der Waals surface area contributed by atoms with Crippen LogP contribution in [0.3, 0.4) is 0 Å². The molecule has 2 fully saturated rings. The molecule has 2 N–H and O–H groups in total. The lowest BCUT2D eigenvalue weighted by Gasteiger charge is -2.27. The van der Waals surface area contributed by atoms with Gasteiger partial charge in [0, 0.05) is 29.9 Å². The van der Waals surface area contributed by atoms with Gasteiger partial charge in [-0.15, -0.1) is 5.10 Å². The summed E-state index contributed by atoms with van der Waals surface area (Å²) in [6.45, 7) is 2.75. The Morgan fingerprint density at radius 2 is 2.41 bits per heavy atom. The quantitative estimate of drug-likeness (QED) is 0.455. The highest BCUT2D eigenvalue weighted by Crippen LogP contribution is 2.28. The molecule has 0 aliphatic carbocycles. The van der Waals surface area contributed by atoms with E-state index in [4.69, 9.17) is 9.47 Å². The molecule has 2 saturated heterocycles. The molecule has 4 heterocycles. The lowest BCUT2D eigenvalue weighted by Crippen LogP contribution is -2.37. The van der Waals surface area contributed by atoms with E-state index in [1.807, 2.05) is 6.07 Å². The monoisotopic (exact) mass is 398 g/mol. The van der Waals surface area contributed by atoms with Crippen LogP contribution in [0.1, 0.15) is 25.3 Å². The van der Waals surface area contributed by atoms with Crippen LogP contribution < -0.4 is 0 Å². The molecule has 0 bridgehead atoms. The number of esters is 1. The number of fused-ring (bicyclic) bond motifs is 1. The van der Waals surface area contributed by atoms with E-state index in [-0.39, 0.29) is 18.3 Å². The molecule has 9 heteroatoms. The van der Waals surface area contributed by atoms with Crippen molar-refractivity contribution < 1.29 is 24.2 Å². The summed E-state index contributed by atoms with van der Waals surface area (Å²) in [5.74, 6) is -2.45. The summed E-state index contributed by atoms with van der Waals surface area (Å²) in [6.07, 6.45) is 5.92. The molecule has 4 rings (SSSR count). The van der Waals surface area contributed by atoms with Crippen molar-refractivity contribution in [2.75, 3.05) is 19.7 Å². The molecule has 0 amide bonds. The molecule has 2 aliphatic heterocycles. The van der Waals surface area contributed by atoms with Crippen LogP contribution in [0.4, 0.5) is 0 Å². The van der Waals surface area contributed by atoms with Crippen molar-refractivity contribution >= 4 is 34.8 Å². The third kappa shape index (κ3) is 3.86. The number of hydrazone groups is 1. The molecular weight excluding hydrogens is 376 g/mol. The molecule has 2 aromatic rings. The van der Waals surface area contributed by atoms with Crippen molar-refractivity contribution in [2.45, 2.75) is 25.9 Å². The van der Waals surface area contributed by atoms with Gasteiger partial charge in [0.2, 0.25) is 17.6 Å². The summed E-state index contributed by atoms with van der Waals surface area (Å²) in [5, 5.41) is 16.7. The van der Waals surface area contributed by atoms with Crippen LogP contribution in [-0.4, -0.2) is 63.5 Å². The van der Waals surface area contributed by atoms with E-state index in [0.717, 1.165) is 11.8 Å². The number of allylic oxidation sites excluding steroid dienone is 1. The van der Waals surface area contributed by atoms with Crippen molar-refractivity contribution in [1.29, 1.82) is 0 Å². The maximum Gasteiger partial charge on any atom is 0.326 e. The van der Waals surface area contributed by atoms with Gasteiger partial charge in [0.25, 0.3) is 0 Å². The summed E-state index contributed by atoms with van der Waals surface area (Å²) in [6, 6.07) is 3.67. The topological polar surface area (TPSA) is 117 Å². The third-order valence-corrected chi connectivity index (χ3v) is 4.87. The highest BCUT2D eigenvalue weighted by Gasteiger charge is 2.45. The molecule has 0 aromatic carbocycles. The number of pyridine rings is 1. The molecule has 0 radical (unpaired) electrons. The number of aromatic nitrogens is 2. The minimum absolute atomic E-state index is 0.0177. The van der Waals surface area contributed by atoms with Crippen LogP contribution in [0.5, 0.6) is 0 Å². The fourth-order valence-electron chi connectivity index (χ4n) is 3.49. The van der Waals surface area contributed by atoms with Gasteiger partial charge in [-0.25, -0.2) is 4.98 Å². The number of hydrogen-bond acceptors (Lipinski definition) is 8. The average molecular weight is 398 g/mol. The standard InChI is InChI=1S/C20H22N4O5/c1-2-28-20(27)16-17(26)15(9-12-10-22-18-14(12)6-3-7-21-18)29-19(16)23-24-8-4-5-13(25)11-24/h3,6-7,9-10,13,16,25H,2,4-5,8,11H2,1H3,(H,21,22)/b15-9-,23-19+. The van der Waals surface area contributed by atoms with Crippen LogP contribution >= 0.6 is 0 Å². The molecule has 2 aliphatic rings. The summed E-state index contributed by atoms with van der Waals surface area (Å²) in [5.41, 5.74) is 1.40. The van der Waals surface area contributed by atoms with Gasteiger partial charge in [-0.2, -0.15) is 0 Å². The molecule has 2 aromatic heterocycles. The maximum atomic E-state index is 12.9. The molecule has 152 valence electrons. The van der Waals surface area contributed by atoms with Crippen molar-refractivity contribution in [3.63, 3.8) is 0 Å². The van der Waals surface area contributed by atoms with E-state index in [2.05, 4.69) is 15.1 Å². The first-order valence-corrected chi connectivity index (χ1v) is 9.61. The number of carbonyl (C=O) groups excluding carboxylic acids is 2. The summed E-state index contributed by atoms with van der Waals surface area (Å²) < 4.78 is 10.8. The predicted molar refractivity (Wildman–Crippen MR) is 105 cm³/mol. The second kappa shape index (κ2) is 8.04. The molecule has 9 nitrogen and oxygen atoms in total. The third-order valence-electron chi connectivity index (χ3n) is 4.87. The average Bonchev–Trinajstić information content (AvgIpc) is 3.24. The molecular formula is C20H22N4O5. The maximum absolute atomic E-state index is 12.9. The largest absolute Gasteiger partial charge is 0.465 e. The Morgan fingerprint density at radius 3 is 3.21 bits per heavy atom. The van der Waals surface area contributed by atoms with Gasteiger partial charge in [0.15, 0.2) is 5.76 Å². The highest BCUT2D eigenvalue weighted by atomic mass is 16.5. The van der Waals surface area contributed by atoms with Crippen LogP contribution in [0.2, 0.25) is 0 Å². The number of rotatable bonds is 4. The number of ether oxygens (including phenoxy) is 2. The van der Waals surface area contributed by atoms with Crippen LogP contribution in [0.15, 0.2) is 35.4 Å². The Morgan fingerprint density at radius 1 is 1.55 bits per heavy atom. The Bertz CT molecular complexity index is 996. The van der Waals surface area contributed by atoms with E-state index >= 15 is 0 Å². The second-order valence-corrected chi connectivity index (χ2v) is 6.95. The molecule has 0 saturated carbocycles. The molecule has 2 unspecified atom stereocenters. The number of piperidine rings is 1. The summed E-state index contributed by atoms with van der Waals surface area (Å²) in [7, 11) is 0. The van der Waals surface area contributed by atoms with Crippen molar-refractivity contribution in [2.24, 2.45) is 11.0 Å². The normalized spacial score (nSPS) is 25.0. The zero-order valence-electron chi connectivity index (χ0n) is 16.0. The lowest BCUT2D eigenvalue weighted by molar-refractivity contribution is -0.147. The smallest absolute Gasteiger partial charge is 0.326 e. The van der Waals surface area contributed by atoms with Crippen LogP contribution in [0.25, 0.3) is 17.1 Å². The first-order chi connectivity index (χ1) is 14.1. The minimum Gasteiger partial charge on any atom is -0.465 e. The number of aliphatic hydroxyl groups excluding tert-OH is 1. The molecule has 0 spiro atoms. The number of carbonyl (C=O) groups is 2. The number of H-pyrrole nitrogens is 1. The number of ketones is 1. The minimum atomic E-state index is -1.25. The first-order valence-electron chi connectivity index (χ1n) is 9.61. The lowest BCUT2D eigenvalue weighted by atomic mass is 10.0. The van der Waals surface area contributed by atoms with E-state index in [0.29, 0.717) is 30.7 Å². The number of hydrogen-bond donors (Lipinski definition) is 2. The SMILES string of the molecule is CCOC(=O)C1C(=O)/C(=C/c2c[nH]c3ncccc23)O/C1=N/N1CCCC(O)C1. The van der Waals surface area contributed by atoms with Gasteiger partial charge in [-0.3, -0.25) is 14.6 Å². The van der Waals surface area contributed by atoms with Crippen molar-refractivity contribution in [3.8, 4) is 0 Å². The van der Waals surface area contributed by atoms with Gasteiger partial charge in [-0.05, 0) is 38.0 Å². The number of aromatic amines is 1. The van der Waals surface area contributed by atoms with E-state index in [9.17, 15) is 14.7 Å². The van der Waals surface area contributed by atoms with E-state index in [1.54, 1.807) is 36.5 Å². The second-order valence-electron chi connectivity index (χ2n) is 6.95. The fourth-order valence-corrected chi connectivity index (χ4v) is 3.49. The number of β-amino-alcohol motifs (C(OH)–C–C–N with tert-alkyl or cyclic N) is 1. The van der Waals surface area contributed by atoms with E-state index in [1.165, 1.54) is 0 Å². The number of nitrogens with zero attached hydrogens (tertiary/aromatic N) is 3. The van der Waals surface area contributed by atoms with Gasteiger partial charge >= 0.3 is 5.97 Å². The Labute approximate surface area is 167 Å². The zero-order valence-corrected chi connectivity index (χ0v) is 16.0. The summed E-state index contributed by atoms with van der Waals surface area (Å²) >= 11 is 0. The Balaban J connectivity index is 1.67. The Kier molecular flexibility index (Phi) is 5.30. The van der Waals surface area contributed by atoms with Crippen molar-refractivity contribution in [1.82, 2.24) is 15.0 Å². The highest BCUT2D eigenvalue weighted by molar-refractivity contribution is 6.27. The van der Waals surface area contributed by atoms with Crippen molar-refractivity contribution in [3.05, 3.63) is 35.8 Å². The molecule has 2 atom stereocenters. The van der Waals surface area contributed by atoms with Gasteiger partial charge in [0.05, 0.1) is 19.3 Å². The summed E-state index contributed by atoms with van der Waals surface area (Å²) in [4.78, 5) is 32.6. The number of Topliss-reactive ketones (excluding diaryl/α,β-unsaturated/α-hetero) is 1. The van der Waals surface area contributed by atoms with Gasteiger partial charge < -0.3 is 19.6 Å². The predicted octanol–water partition coefficient (Wildman–Crippen LogP) is 1.45. The van der Waals surface area contributed by atoms with Gasteiger partial charge in [-0.1, -0.05) is 0 Å². The number of nitrogens with one attached hydrogen (secondary N) is 1. The zero-order chi connectivity index (χ0) is 20.4. The first kappa shape index (κ1) is 19.1. The van der Waals surface area contributed by atoms with Crippen LogP contribution in [-0.2, 0) is 19.1 Å².